The van der Waals surface area contributed by atoms with E-state index in [4.69, 9.17) is 0 Å². The second kappa shape index (κ2) is 11.5. The van der Waals surface area contributed by atoms with Crippen LogP contribution in [0.2, 0.25) is 0 Å². The summed E-state index contributed by atoms with van der Waals surface area (Å²) in [7, 11) is 0. The summed E-state index contributed by atoms with van der Waals surface area (Å²) in [5, 5.41) is 0. The number of fused-ring (bicyclic) bond motifs is 1. The van der Waals surface area contributed by atoms with Crippen LogP contribution in [0.5, 0.6) is 0 Å². The van der Waals surface area contributed by atoms with E-state index in [-0.39, 0.29) is 29.5 Å². The summed E-state index contributed by atoms with van der Waals surface area (Å²) in [6, 6.07) is 18.0. The van der Waals surface area contributed by atoms with Crippen LogP contribution in [-0.2, 0) is 21.9 Å². The Hall–Kier alpha value is -1.90. The molecule has 0 bridgehead atoms. The van der Waals surface area contributed by atoms with Gasteiger partial charge in [0.2, 0.25) is 5.91 Å². The van der Waals surface area contributed by atoms with E-state index in [9.17, 15) is 4.79 Å². The monoisotopic (exact) mass is 434 g/mol. The van der Waals surface area contributed by atoms with Crippen LogP contribution in [0.4, 0.5) is 5.69 Å². The Balaban J connectivity index is 0.000000376. The molecule has 30 heavy (non-hydrogen) atoms. The summed E-state index contributed by atoms with van der Waals surface area (Å²) in [6.45, 7) is 0.736. The van der Waals surface area contributed by atoms with Gasteiger partial charge in [0, 0.05) is 23.6 Å². The molecule has 1 amide bonds. The molecular weight excluding hydrogens is 412 g/mol. The molecule has 3 aliphatic rings. The first-order chi connectivity index (χ1) is 14.3. The average Bonchev–Trinajstić information content (AvgIpc) is 3.48. The summed E-state index contributed by atoms with van der Waals surface area (Å²) in [4.78, 5) is 19.2. The van der Waals surface area contributed by atoms with Crippen molar-refractivity contribution in [1.82, 2.24) is 0 Å². The third-order valence-corrected chi connectivity index (χ3v) is 4.80. The van der Waals surface area contributed by atoms with Crippen LogP contribution < -0.4 is 4.90 Å². The Kier molecular flexibility index (Phi) is 8.72. The number of para-hydroxylation sites is 1. The average molecular weight is 434 g/mol. The van der Waals surface area contributed by atoms with E-state index >= 15 is 0 Å². The van der Waals surface area contributed by atoms with Crippen LogP contribution in [0.15, 0.2) is 59.6 Å². The van der Waals surface area contributed by atoms with Gasteiger partial charge in [-0.25, -0.2) is 0 Å². The predicted octanol–water partition coefficient (Wildman–Crippen LogP) is 4.29. The van der Waals surface area contributed by atoms with Crippen LogP contribution in [0.3, 0.4) is 0 Å². The van der Waals surface area contributed by atoms with Crippen molar-refractivity contribution in [2.75, 3.05) is 18.0 Å². The maximum Gasteiger partial charge on any atom is 2.00 e. The molecule has 1 aliphatic heterocycles. The predicted molar refractivity (Wildman–Crippen MR) is 118 cm³/mol. The van der Waals surface area contributed by atoms with E-state index in [1.165, 1.54) is 0 Å². The molecule has 1 heterocycles. The summed E-state index contributed by atoms with van der Waals surface area (Å²) in [6.07, 6.45) is 18.1. The fraction of sp³-hybridized carbons (Fsp3) is 0.0769. The number of carbonyl (C=O) groups excluding carboxylic acids is 1. The zero-order chi connectivity index (χ0) is 19.9. The SMILES string of the molecule is O=C1CN=C(c2ccccc2)c2ccccc2N1C[C]1[CH][CH][CH][CH]1.[CH]1[CH][CH][CH][CH]1.[Fe+2]. The van der Waals surface area contributed by atoms with E-state index in [1.807, 2.05) is 117 Å². The van der Waals surface area contributed by atoms with Gasteiger partial charge in [-0.2, -0.15) is 0 Å². The van der Waals surface area contributed by atoms with Crippen molar-refractivity contribution in [2.45, 2.75) is 0 Å². The van der Waals surface area contributed by atoms with Crippen LogP contribution >= 0.6 is 0 Å². The molecule has 4 heteroatoms. The number of hydrogen-bond donors (Lipinski definition) is 0. The molecule has 0 N–H and O–H groups in total. The fourth-order valence-corrected chi connectivity index (χ4v) is 3.40. The molecule has 0 saturated heterocycles. The number of rotatable bonds is 3. The molecule has 0 unspecified atom stereocenters. The minimum absolute atomic E-state index is 0. The van der Waals surface area contributed by atoms with Crippen molar-refractivity contribution in [1.29, 1.82) is 0 Å². The fourth-order valence-electron chi connectivity index (χ4n) is 3.40. The largest absolute Gasteiger partial charge is 2.00 e. The molecular formula is C26H22FeN2O+2. The molecule has 10 radical (unpaired) electrons. The number of anilines is 1. The first kappa shape index (κ1) is 22.8. The Bertz CT molecular complexity index is 832. The van der Waals surface area contributed by atoms with E-state index in [0.717, 1.165) is 28.4 Å². The van der Waals surface area contributed by atoms with Crippen molar-refractivity contribution in [3.63, 3.8) is 0 Å². The molecule has 0 atom stereocenters. The standard InChI is InChI=1S/C21H17N2O.C5H5.Fe/c24-20-14-22-21(17-10-2-1-3-11-17)18-12-6-7-13-19(18)23(20)15-16-8-4-5-9-16;1-2-4-5-3-1;/h1-13H,14-15H2;1-5H;/q;;+2. The maximum atomic E-state index is 12.7. The van der Waals surface area contributed by atoms with Crippen molar-refractivity contribution in [3.05, 3.63) is 129 Å². The molecule has 2 aromatic rings. The molecule has 2 saturated carbocycles. The molecule has 2 aromatic carbocycles. The van der Waals surface area contributed by atoms with Crippen LogP contribution in [-0.4, -0.2) is 24.7 Å². The summed E-state index contributed by atoms with van der Waals surface area (Å²) < 4.78 is 0. The van der Waals surface area contributed by atoms with Gasteiger partial charge in [0.1, 0.15) is 6.54 Å². The Labute approximate surface area is 191 Å². The molecule has 148 valence electrons. The molecule has 2 fully saturated rings. The Morgan fingerprint density at radius 3 is 2.03 bits per heavy atom. The van der Waals surface area contributed by atoms with Gasteiger partial charge in [0.25, 0.3) is 0 Å². The van der Waals surface area contributed by atoms with Crippen LogP contribution in [0.25, 0.3) is 0 Å². The van der Waals surface area contributed by atoms with Crippen LogP contribution in [0.1, 0.15) is 11.1 Å². The van der Waals surface area contributed by atoms with Gasteiger partial charge in [-0.15, -0.1) is 0 Å². The minimum Gasteiger partial charge on any atom is -0.310 e. The van der Waals surface area contributed by atoms with Crippen molar-refractivity contribution >= 4 is 17.3 Å². The number of nitrogens with zero attached hydrogens (tertiary/aromatic N) is 2. The minimum atomic E-state index is 0. The Morgan fingerprint density at radius 1 is 0.767 bits per heavy atom. The van der Waals surface area contributed by atoms with Crippen LogP contribution in [0, 0.1) is 63.7 Å². The summed E-state index contributed by atoms with van der Waals surface area (Å²) in [5.41, 5.74) is 3.84. The molecule has 0 aromatic heterocycles. The van der Waals surface area contributed by atoms with E-state index < -0.39 is 0 Å². The number of carbonyl (C=O) groups is 1. The van der Waals surface area contributed by atoms with Gasteiger partial charge in [-0.05, 0) is 63.9 Å². The van der Waals surface area contributed by atoms with E-state index in [0.29, 0.717) is 6.54 Å². The zero-order valence-corrected chi connectivity index (χ0v) is 17.6. The number of amides is 1. The second-order valence-corrected chi connectivity index (χ2v) is 6.78. The van der Waals surface area contributed by atoms with Gasteiger partial charge in [0.05, 0.1) is 11.4 Å². The molecule has 5 rings (SSSR count). The van der Waals surface area contributed by atoms with Gasteiger partial charge < -0.3 is 4.90 Å². The smallest absolute Gasteiger partial charge is 0.310 e. The summed E-state index contributed by atoms with van der Waals surface area (Å²) >= 11 is 0. The molecule has 0 spiro atoms. The zero-order valence-electron chi connectivity index (χ0n) is 16.5. The summed E-state index contributed by atoms with van der Waals surface area (Å²) in [5.74, 6) is 1.15. The number of benzene rings is 2. The van der Waals surface area contributed by atoms with E-state index in [2.05, 4.69) is 4.99 Å². The van der Waals surface area contributed by atoms with Gasteiger partial charge in [-0.3, -0.25) is 9.79 Å². The topological polar surface area (TPSA) is 32.7 Å². The van der Waals surface area contributed by atoms with Gasteiger partial charge >= 0.3 is 17.1 Å². The normalized spacial score (nSPS) is 18.6. The third kappa shape index (κ3) is 5.62. The number of aliphatic imine (C=N–C) groups is 1. The molecule has 3 nitrogen and oxygen atoms in total. The second-order valence-electron chi connectivity index (χ2n) is 6.78. The number of hydrogen-bond acceptors (Lipinski definition) is 2. The van der Waals surface area contributed by atoms with Crippen molar-refractivity contribution in [3.8, 4) is 0 Å². The number of benzodiazepines with no additional fused rings is 1. The third-order valence-electron chi connectivity index (χ3n) is 4.80. The first-order valence-corrected chi connectivity index (χ1v) is 9.70. The van der Waals surface area contributed by atoms with Crippen molar-refractivity contribution < 1.29 is 21.9 Å². The first-order valence-electron chi connectivity index (χ1n) is 9.70. The quantitative estimate of drug-likeness (QED) is 0.664. The van der Waals surface area contributed by atoms with E-state index in [1.54, 1.807) is 0 Å². The Morgan fingerprint density at radius 2 is 1.37 bits per heavy atom. The van der Waals surface area contributed by atoms with Crippen molar-refractivity contribution in [2.24, 2.45) is 4.99 Å². The van der Waals surface area contributed by atoms with Gasteiger partial charge in [-0.1, -0.05) is 48.5 Å². The molecule has 2 aliphatic carbocycles. The maximum absolute atomic E-state index is 12.7. The van der Waals surface area contributed by atoms with Gasteiger partial charge in [0.15, 0.2) is 0 Å².